The molecular formula is C25H29N5O2S2. The molecule has 0 spiro atoms. The van der Waals surface area contributed by atoms with E-state index in [1.165, 1.54) is 16.6 Å². The van der Waals surface area contributed by atoms with Gasteiger partial charge in [-0.15, -0.1) is 21.5 Å². The molecule has 1 aliphatic carbocycles. The summed E-state index contributed by atoms with van der Waals surface area (Å²) in [6.45, 7) is 5.08. The molecule has 0 radical (unpaired) electrons. The van der Waals surface area contributed by atoms with Gasteiger partial charge in [-0.1, -0.05) is 32.0 Å². The number of thioether (sulfide) groups is 1. The fourth-order valence-corrected chi connectivity index (χ4v) is 6.06. The predicted molar refractivity (Wildman–Crippen MR) is 136 cm³/mol. The largest absolute Gasteiger partial charge is 0.494 e. The van der Waals surface area contributed by atoms with E-state index in [1.54, 1.807) is 11.3 Å². The van der Waals surface area contributed by atoms with Crippen LogP contribution in [0.5, 0.6) is 5.75 Å². The number of carbonyl (C=O) groups excluding carboxylic acids is 1. The van der Waals surface area contributed by atoms with Crippen LogP contribution in [0.3, 0.4) is 0 Å². The smallest absolute Gasteiger partial charge is 0.235 e. The van der Waals surface area contributed by atoms with Crippen molar-refractivity contribution in [1.29, 1.82) is 5.26 Å². The quantitative estimate of drug-likeness (QED) is 0.313. The van der Waals surface area contributed by atoms with Crippen LogP contribution in [0.4, 0.5) is 5.00 Å². The molecule has 178 valence electrons. The predicted octanol–water partition coefficient (Wildman–Crippen LogP) is 5.45. The molecule has 7 nitrogen and oxygen atoms in total. The molecule has 4 rings (SSSR count). The van der Waals surface area contributed by atoms with Crippen molar-refractivity contribution in [2.75, 3.05) is 17.7 Å². The van der Waals surface area contributed by atoms with Crippen LogP contribution < -0.4 is 10.1 Å². The summed E-state index contributed by atoms with van der Waals surface area (Å²) in [5.74, 6) is 2.24. The Kier molecular flexibility index (Phi) is 7.91. The summed E-state index contributed by atoms with van der Waals surface area (Å²) in [4.78, 5) is 13.9. The molecule has 0 saturated heterocycles. The molecule has 34 heavy (non-hydrogen) atoms. The van der Waals surface area contributed by atoms with Crippen LogP contribution in [0, 0.1) is 17.2 Å². The Labute approximate surface area is 208 Å². The number of hydrogen-bond acceptors (Lipinski definition) is 7. The summed E-state index contributed by atoms with van der Waals surface area (Å²) in [7, 11) is 1.89. The third kappa shape index (κ3) is 5.45. The van der Waals surface area contributed by atoms with Crippen LogP contribution in [0.2, 0.25) is 0 Å². The first kappa shape index (κ1) is 24.3. The Hall–Kier alpha value is -2.83. The van der Waals surface area contributed by atoms with Gasteiger partial charge in [-0.2, -0.15) is 5.26 Å². The van der Waals surface area contributed by atoms with E-state index in [9.17, 15) is 10.1 Å². The van der Waals surface area contributed by atoms with Crippen molar-refractivity contribution in [3.05, 3.63) is 40.3 Å². The minimum absolute atomic E-state index is 0.147. The maximum absolute atomic E-state index is 12.7. The number of thiophene rings is 1. The molecule has 2 heterocycles. The Morgan fingerprint density at radius 3 is 2.88 bits per heavy atom. The van der Waals surface area contributed by atoms with E-state index in [2.05, 4.69) is 35.4 Å². The van der Waals surface area contributed by atoms with E-state index in [0.717, 1.165) is 54.8 Å². The number of nitrogens with one attached hydrogen (secondary N) is 1. The Morgan fingerprint density at radius 2 is 2.15 bits per heavy atom. The van der Waals surface area contributed by atoms with Gasteiger partial charge in [0.05, 0.1) is 17.9 Å². The van der Waals surface area contributed by atoms with Gasteiger partial charge in [0.25, 0.3) is 0 Å². The van der Waals surface area contributed by atoms with Crippen molar-refractivity contribution in [1.82, 2.24) is 14.8 Å². The summed E-state index contributed by atoms with van der Waals surface area (Å²) in [5.41, 5.74) is 2.69. The molecule has 3 aromatic rings. The summed E-state index contributed by atoms with van der Waals surface area (Å²) >= 11 is 2.87. The van der Waals surface area contributed by atoms with Gasteiger partial charge in [-0.3, -0.25) is 4.79 Å². The van der Waals surface area contributed by atoms with Crippen molar-refractivity contribution in [3.8, 4) is 23.2 Å². The molecule has 0 bridgehead atoms. The highest BCUT2D eigenvalue weighted by Crippen LogP contribution is 2.39. The minimum atomic E-state index is -0.147. The SMILES string of the molecule is CCCCOc1ccc(-c2nnc(SCC(=O)Nc3sc4c(c3C#N)CCC(C)C4)n2C)cc1. The maximum atomic E-state index is 12.7. The number of aromatic nitrogens is 3. The Bertz CT molecular complexity index is 1190. The molecule has 1 aliphatic rings. The summed E-state index contributed by atoms with van der Waals surface area (Å²) in [6, 6.07) is 10.1. The molecule has 1 amide bonds. The highest BCUT2D eigenvalue weighted by atomic mass is 32.2. The monoisotopic (exact) mass is 495 g/mol. The molecule has 9 heteroatoms. The fourth-order valence-electron chi connectivity index (χ4n) is 3.98. The molecule has 1 unspecified atom stereocenters. The topological polar surface area (TPSA) is 92.8 Å². The second-order valence-corrected chi connectivity index (χ2v) is 10.6. The second kappa shape index (κ2) is 11.1. The molecular weight excluding hydrogens is 466 g/mol. The number of nitriles is 1. The summed E-state index contributed by atoms with van der Waals surface area (Å²) in [5, 5.41) is 22.5. The number of unbranched alkanes of at least 4 members (excludes halogenated alkanes) is 1. The number of ether oxygens (including phenoxy) is 1. The average Bonchev–Trinajstić information content (AvgIpc) is 3.37. The van der Waals surface area contributed by atoms with Gasteiger partial charge in [-0.05, 0) is 61.4 Å². The minimum Gasteiger partial charge on any atom is -0.494 e. The molecule has 0 saturated carbocycles. The van der Waals surface area contributed by atoms with Crippen molar-refractivity contribution in [3.63, 3.8) is 0 Å². The zero-order chi connectivity index (χ0) is 24.1. The van der Waals surface area contributed by atoms with Crippen LogP contribution in [0.25, 0.3) is 11.4 Å². The lowest BCUT2D eigenvalue weighted by Crippen LogP contribution is -2.14. The number of rotatable bonds is 9. The van der Waals surface area contributed by atoms with Gasteiger partial charge in [0.15, 0.2) is 11.0 Å². The van der Waals surface area contributed by atoms with Crippen molar-refractivity contribution >= 4 is 34.0 Å². The fraction of sp³-hybridized carbons (Fsp3) is 0.440. The number of benzene rings is 1. The lowest BCUT2D eigenvalue weighted by atomic mass is 9.89. The Morgan fingerprint density at radius 1 is 1.35 bits per heavy atom. The van der Waals surface area contributed by atoms with Gasteiger partial charge in [0, 0.05) is 17.5 Å². The molecule has 0 aliphatic heterocycles. The van der Waals surface area contributed by atoms with Gasteiger partial charge >= 0.3 is 0 Å². The first-order valence-corrected chi connectivity index (χ1v) is 13.4. The van der Waals surface area contributed by atoms with E-state index < -0.39 is 0 Å². The number of anilines is 1. The second-order valence-electron chi connectivity index (χ2n) is 8.60. The number of hydrogen-bond donors (Lipinski definition) is 1. The van der Waals surface area contributed by atoms with E-state index in [-0.39, 0.29) is 11.7 Å². The molecule has 2 aromatic heterocycles. The van der Waals surface area contributed by atoms with Crippen molar-refractivity contribution < 1.29 is 9.53 Å². The lowest BCUT2D eigenvalue weighted by molar-refractivity contribution is -0.113. The molecule has 1 aromatic carbocycles. The normalized spacial score (nSPS) is 14.9. The third-order valence-corrected chi connectivity index (χ3v) is 8.11. The van der Waals surface area contributed by atoms with Crippen LogP contribution >= 0.6 is 23.1 Å². The van der Waals surface area contributed by atoms with Crippen molar-refractivity contribution in [2.24, 2.45) is 13.0 Å². The van der Waals surface area contributed by atoms with Crippen LogP contribution in [-0.4, -0.2) is 33.0 Å². The first-order valence-electron chi connectivity index (χ1n) is 11.6. The van der Waals surface area contributed by atoms with Crippen LogP contribution in [0.15, 0.2) is 29.4 Å². The summed E-state index contributed by atoms with van der Waals surface area (Å²) in [6.07, 6.45) is 5.11. The molecule has 1 N–H and O–H groups in total. The average molecular weight is 496 g/mol. The number of amides is 1. The number of nitrogens with zero attached hydrogens (tertiary/aromatic N) is 4. The highest BCUT2D eigenvalue weighted by molar-refractivity contribution is 7.99. The van der Waals surface area contributed by atoms with E-state index in [1.807, 2.05) is 35.9 Å². The zero-order valence-corrected chi connectivity index (χ0v) is 21.4. The Balaban J connectivity index is 1.37. The lowest BCUT2D eigenvalue weighted by Gasteiger charge is -2.17. The van der Waals surface area contributed by atoms with Crippen LogP contribution in [0.1, 0.15) is 49.1 Å². The molecule has 1 atom stereocenters. The van der Waals surface area contributed by atoms with Crippen molar-refractivity contribution in [2.45, 2.75) is 51.1 Å². The van der Waals surface area contributed by atoms with E-state index >= 15 is 0 Å². The number of carbonyl (C=O) groups is 1. The third-order valence-electron chi connectivity index (χ3n) is 5.92. The van der Waals surface area contributed by atoms with Gasteiger partial charge in [-0.25, -0.2) is 0 Å². The number of fused-ring (bicyclic) bond motifs is 1. The summed E-state index contributed by atoms with van der Waals surface area (Å²) < 4.78 is 7.61. The van der Waals surface area contributed by atoms with Crippen LogP contribution in [-0.2, 0) is 24.7 Å². The highest BCUT2D eigenvalue weighted by Gasteiger charge is 2.25. The van der Waals surface area contributed by atoms with Gasteiger partial charge in [0.2, 0.25) is 5.91 Å². The maximum Gasteiger partial charge on any atom is 0.235 e. The zero-order valence-electron chi connectivity index (χ0n) is 19.8. The standard InChI is InChI=1S/C25H29N5O2S2/c1-4-5-12-32-18-9-7-17(8-10-18)23-28-29-25(30(23)3)33-15-22(31)27-24-20(14-26)19-11-6-16(2)13-21(19)34-24/h7-10,16H,4-6,11-13,15H2,1-3H3,(H,27,31). The first-order chi connectivity index (χ1) is 16.5. The van der Waals surface area contributed by atoms with Gasteiger partial charge < -0.3 is 14.6 Å². The van der Waals surface area contributed by atoms with Gasteiger partial charge in [0.1, 0.15) is 16.8 Å². The van der Waals surface area contributed by atoms with E-state index in [0.29, 0.717) is 28.2 Å². The van der Waals surface area contributed by atoms with E-state index in [4.69, 9.17) is 4.74 Å². The molecule has 0 fully saturated rings.